The summed E-state index contributed by atoms with van der Waals surface area (Å²) in [5.74, 6) is 0.308. The summed E-state index contributed by atoms with van der Waals surface area (Å²) in [5.41, 5.74) is 1.08. The first-order valence-electron chi connectivity index (χ1n) is 4.64. The van der Waals surface area contributed by atoms with Gasteiger partial charge in [0.1, 0.15) is 11.3 Å². The molecule has 0 saturated carbocycles. The zero-order valence-electron chi connectivity index (χ0n) is 8.45. The Morgan fingerprint density at radius 1 is 1.69 bits per heavy atom. The lowest BCUT2D eigenvalue weighted by Gasteiger charge is -2.04. The van der Waals surface area contributed by atoms with E-state index in [9.17, 15) is 4.79 Å². The first-order valence-corrected chi connectivity index (χ1v) is 5.02. The fourth-order valence-corrected chi connectivity index (χ4v) is 1.46. The average Bonchev–Trinajstić information content (AvgIpc) is 2.66. The Hall–Kier alpha value is -1.82. The third kappa shape index (κ3) is 2.06. The van der Waals surface area contributed by atoms with Gasteiger partial charge < -0.3 is 9.72 Å². The number of anilines is 1. The number of ether oxygens (including phenoxy) is 1. The van der Waals surface area contributed by atoms with E-state index in [2.05, 4.69) is 20.3 Å². The van der Waals surface area contributed by atoms with Crippen LogP contribution in [0.15, 0.2) is 12.4 Å². The molecular weight excluding hydrogens is 232 g/mol. The second-order valence-electron chi connectivity index (χ2n) is 2.94. The molecule has 2 rings (SSSR count). The van der Waals surface area contributed by atoms with Gasteiger partial charge in [-0.05, 0) is 6.92 Å². The van der Waals surface area contributed by atoms with Gasteiger partial charge in [-0.2, -0.15) is 0 Å². The number of aromatic amines is 1. The van der Waals surface area contributed by atoms with Gasteiger partial charge in [0.2, 0.25) is 0 Å². The summed E-state index contributed by atoms with van der Waals surface area (Å²) in [6.07, 6.45) is 0.915. The predicted octanol–water partition coefficient (Wildman–Crippen LogP) is 2.18. The second kappa shape index (κ2) is 4.36. The van der Waals surface area contributed by atoms with Gasteiger partial charge in [-0.25, -0.2) is 14.8 Å². The number of rotatable bonds is 2. The van der Waals surface area contributed by atoms with E-state index in [4.69, 9.17) is 16.3 Å². The van der Waals surface area contributed by atoms with Crippen molar-refractivity contribution in [1.29, 1.82) is 0 Å². The van der Waals surface area contributed by atoms with Crippen molar-refractivity contribution in [3.05, 3.63) is 17.4 Å². The zero-order valence-corrected chi connectivity index (χ0v) is 9.21. The average molecular weight is 241 g/mol. The van der Waals surface area contributed by atoms with Gasteiger partial charge in [-0.1, -0.05) is 11.6 Å². The number of pyridine rings is 1. The summed E-state index contributed by atoms with van der Waals surface area (Å²) in [6, 6.07) is 1.53. The number of halogens is 1. The summed E-state index contributed by atoms with van der Waals surface area (Å²) in [7, 11) is 0. The van der Waals surface area contributed by atoms with Gasteiger partial charge in [0.25, 0.3) is 0 Å². The number of hydrogen-bond donors (Lipinski definition) is 2. The van der Waals surface area contributed by atoms with Crippen molar-refractivity contribution >= 4 is 34.7 Å². The van der Waals surface area contributed by atoms with Gasteiger partial charge >= 0.3 is 6.09 Å². The molecule has 0 aromatic carbocycles. The highest BCUT2D eigenvalue weighted by Gasteiger charge is 2.08. The van der Waals surface area contributed by atoms with Crippen molar-refractivity contribution in [2.24, 2.45) is 0 Å². The molecule has 0 aliphatic rings. The van der Waals surface area contributed by atoms with E-state index in [0.29, 0.717) is 28.6 Å². The van der Waals surface area contributed by atoms with E-state index in [0.717, 1.165) is 0 Å². The molecule has 16 heavy (non-hydrogen) atoms. The van der Waals surface area contributed by atoms with Crippen LogP contribution in [0.25, 0.3) is 11.2 Å². The molecule has 0 fully saturated rings. The molecule has 2 heterocycles. The number of carbonyl (C=O) groups is 1. The van der Waals surface area contributed by atoms with Crippen LogP contribution in [0.2, 0.25) is 5.02 Å². The van der Waals surface area contributed by atoms with Gasteiger partial charge in [-0.15, -0.1) is 0 Å². The summed E-state index contributed by atoms with van der Waals surface area (Å²) in [6.45, 7) is 2.01. The van der Waals surface area contributed by atoms with Crippen LogP contribution >= 0.6 is 11.6 Å². The molecule has 2 aromatic rings. The van der Waals surface area contributed by atoms with E-state index in [1.54, 1.807) is 6.92 Å². The fraction of sp³-hybridized carbons (Fsp3) is 0.222. The number of fused-ring (bicyclic) bond motifs is 1. The number of imidazole rings is 1. The molecule has 0 saturated heterocycles. The largest absolute Gasteiger partial charge is 0.450 e. The summed E-state index contributed by atoms with van der Waals surface area (Å²) in [5, 5.41) is 2.89. The summed E-state index contributed by atoms with van der Waals surface area (Å²) < 4.78 is 4.72. The van der Waals surface area contributed by atoms with E-state index in [-0.39, 0.29) is 0 Å². The molecular formula is C9H9ClN4O2. The van der Waals surface area contributed by atoms with Gasteiger partial charge in [0.05, 0.1) is 18.0 Å². The van der Waals surface area contributed by atoms with Crippen LogP contribution in [0.5, 0.6) is 0 Å². The van der Waals surface area contributed by atoms with Crippen LogP contribution < -0.4 is 5.32 Å². The summed E-state index contributed by atoms with van der Waals surface area (Å²) >= 11 is 5.96. The third-order valence-corrected chi connectivity index (χ3v) is 2.15. The number of nitrogens with zero attached hydrogens (tertiary/aromatic N) is 2. The molecule has 0 unspecified atom stereocenters. The minimum Gasteiger partial charge on any atom is -0.450 e. The van der Waals surface area contributed by atoms with Crippen molar-refractivity contribution in [1.82, 2.24) is 15.0 Å². The maximum absolute atomic E-state index is 11.2. The Labute approximate surface area is 96.0 Å². The van der Waals surface area contributed by atoms with Crippen molar-refractivity contribution < 1.29 is 9.53 Å². The van der Waals surface area contributed by atoms with Crippen molar-refractivity contribution in [2.45, 2.75) is 6.92 Å². The van der Waals surface area contributed by atoms with Crippen molar-refractivity contribution in [3.63, 3.8) is 0 Å². The molecule has 0 atom stereocenters. The van der Waals surface area contributed by atoms with Crippen molar-refractivity contribution in [3.8, 4) is 0 Å². The highest BCUT2D eigenvalue weighted by Crippen LogP contribution is 2.22. The number of carbonyl (C=O) groups excluding carboxylic acids is 1. The Bertz CT molecular complexity index is 525. The van der Waals surface area contributed by atoms with Crippen molar-refractivity contribution in [2.75, 3.05) is 11.9 Å². The standard InChI is InChI=1S/C9H9ClN4O2/c1-2-16-9(15)14-6-3-5(10)7-8(13-6)12-4-11-7/h3-4H,2H2,1H3,(H2,11,12,13,14,15). The normalized spacial score (nSPS) is 10.4. The SMILES string of the molecule is CCOC(=O)Nc1cc(Cl)c2[nH]cnc2n1. The molecule has 0 spiro atoms. The van der Waals surface area contributed by atoms with Gasteiger partial charge in [0.15, 0.2) is 5.65 Å². The molecule has 2 N–H and O–H groups in total. The van der Waals surface area contributed by atoms with E-state index in [1.807, 2.05) is 0 Å². The Kier molecular flexibility index (Phi) is 2.91. The van der Waals surface area contributed by atoms with E-state index >= 15 is 0 Å². The molecule has 7 heteroatoms. The molecule has 0 radical (unpaired) electrons. The smallest absolute Gasteiger partial charge is 0.412 e. The van der Waals surface area contributed by atoms with Crippen LogP contribution in [0, 0.1) is 0 Å². The highest BCUT2D eigenvalue weighted by atomic mass is 35.5. The lowest BCUT2D eigenvalue weighted by molar-refractivity contribution is 0.168. The third-order valence-electron chi connectivity index (χ3n) is 1.85. The minimum atomic E-state index is -0.569. The molecule has 1 amide bonds. The number of aromatic nitrogens is 3. The zero-order chi connectivity index (χ0) is 11.5. The first kappa shape index (κ1) is 10.7. The van der Waals surface area contributed by atoms with Crippen LogP contribution in [0.1, 0.15) is 6.92 Å². The molecule has 0 aliphatic heterocycles. The number of nitrogens with one attached hydrogen (secondary N) is 2. The molecule has 84 valence electrons. The second-order valence-corrected chi connectivity index (χ2v) is 3.34. The highest BCUT2D eigenvalue weighted by molar-refractivity contribution is 6.35. The lowest BCUT2D eigenvalue weighted by atomic mass is 10.4. The van der Waals surface area contributed by atoms with E-state index < -0.39 is 6.09 Å². The van der Waals surface area contributed by atoms with Gasteiger partial charge in [0, 0.05) is 6.07 Å². The fourth-order valence-electron chi connectivity index (χ4n) is 1.22. The van der Waals surface area contributed by atoms with E-state index in [1.165, 1.54) is 12.4 Å². The molecule has 0 bridgehead atoms. The van der Waals surface area contributed by atoms with Crippen LogP contribution in [0.3, 0.4) is 0 Å². The molecule has 2 aromatic heterocycles. The van der Waals surface area contributed by atoms with Crippen LogP contribution in [0.4, 0.5) is 10.6 Å². The topological polar surface area (TPSA) is 79.9 Å². The number of hydrogen-bond acceptors (Lipinski definition) is 4. The quantitative estimate of drug-likeness (QED) is 0.843. The van der Waals surface area contributed by atoms with Crippen LogP contribution in [-0.4, -0.2) is 27.7 Å². The maximum Gasteiger partial charge on any atom is 0.412 e. The Morgan fingerprint density at radius 2 is 2.50 bits per heavy atom. The predicted molar refractivity (Wildman–Crippen MR) is 59.5 cm³/mol. The van der Waals surface area contributed by atoms with Crippen LogP contribution in [-0.2, 0) is 4.74 Å². The maximum atomic E-state index is 11.2. The molecule has 6 nitrogen and oxygen atoms in total. The minimum absolute atomic E-state index is 0.296. The molecule has 0 aliphatic carbocycles. The monoisotopic (exact) mass is 240 g/mol. The first-order chi connectivity index (χ1) is 7.70. The Balaban J connectivity index is 2.28. The summed E-state index contributed by atoms with van der Waals surface area (Å²) in [4.78, 5) is 22.0. The number of H-pyrrole nitrogens is 1. The Morgan fingerprint density at radius 3 is 3.25 bits per heavy atom. The lowest BCUT2D eigenvalue weighted by Crippen LogP contribution is -2.14. The number of amides is 1. The van der Waals surface area contributed by atoms with Gasteiger partial charge in [-0.3, -0.25) is 5.32 Å².